The zero-order valence-electron chi connectivity index (χ0n) is 18.4. The summed E-state index contributed by atoms with van der Waals surface area (Å²) < 4.78 is 0. The third-order valence-electron chi connectivity index (χ3n) is 3.38. The van der Waals surface area contributed by atoms with Crippen molar-refractivity contribution in [3.8, 4) is 35.2 Å². The van der Waals surface area contributed by atoms with E-state index in [4.69, 9.17) is 21.3 Å². The molecule has 0 aliphatic heterocycles. The molecule has 0 spiro atoms. The summed E-state index contributed by atoms with van der Waals surface area (Å²) in [5.74, 6) is 0. The van der Waals surface area contributed by atoms with Gasteiger partial charge in [-0.1, -0.05) is 24.3 Å². The minimum absolute atomic E-state index is 0. The Morgan fingerprint density at radius 3 is 0.886 bits per heavy atom. The molecule has 35 heavy (non-hydrogen) atoms. The standard InChI is InChI=1S/2C10H8N2.2C2N3.Cd/c2*1-3-7-11-9(5-1)10-6-2-4-8-12-10;2*3-1-5-2-4;/h2*1-8H;;;/q;;2*-1;+2. The minimum atomic E-state index is 0. The molecule has 0 fully saturated rings. The summed E-state index contributed by atoms with van der Waals surface area (Å²) >= 11 is 0. The van der Waals surface area contributed by atoms with E-state index in [1.54, 1.807) is 24.8 Å². The summed E-state index contributed by atoms with van der Waals surface area (Å²) in [7, 11) is 0. The van der Waals surface area contributed by atoms with Crippen LogP contribution in [-0.2, 0) is 27.3 Å². The van der Waals surface area contributed by atoms with E-state index in [-0.39, 0.29) is 27.3 Å². The fraction of sp³-hybridized carbons (Fsp3) is 0. The molecule has 0 N–H and O–H groups in total. The van der Waals surface area contributed by atoms with Crippen molar-refractivity contribution >= 4 is 12.0 Å². The Morgan fingerprint density at radius 1 is 0.514 bits per heavy atom. The van der Waals surface area contributed by atoms with Gasteiger partial charge in [0.15, 0.2) is 0 Å². The smallest absolute Gasteiger partial charge is 0.422 e. The molecule has 164 valence electrons. The molecular weight excluding hydrogens is 541 g/mol. The molecule has 4 rings (SSSR count). The second kappa shape index (κ2) is 21.1. The zero-order chi connectivity index (χ0) is 24.7. The first kappa shape index (κ1) is 30.3. The first-order chi connectivity index (χ1) is 16.8. The van der Waals surface area contributed by atoms with E-state index >= 15 is 0 Å². The Labute approximate surface area is 222 Å². The van der Waals surface area contributed by atoms with Crippen LogP contribution in [0.1, 0.15) is 0 Å². The molecule has 10 nitrogen and oxygen atoms in total. The van der Waals surface area contributed by atoms with Crippen molar-refractivity contribution < 1.29 is 27.3 Å². The summed E-state index contributed by atoms with van der Waals surface area (Å²) in [6.45, 7) is 0. The van der Waals surface area contributed by atoms with E-state index in [1.807, 2.05) is 72.8 Å². The van der Waals surface area contributed by atoms with Gasteiger partial charge in [-0.3, -0.25) is 19.9 Å². The monoisotopic (exact) mass is 558 g/mol. The summed E-state index contributed by atoms with van der Waals surface area (Å²) in [5.41, 5.74) is 3.66. The largest absolute Gasteiger partial charge is 2.00 e. The predicted molar refractivity (Wildman–Crippen MR) is 128 cm³/mol. The van der Waals surface area contributed by atoms with E-state index in [0.29, 0.717) is 0 Å². The van der Waals surface area contributed by atoms with E-state index in [2.05, 4.69) is 29.9 Å². The third kappa shape index (κ3) is 14.1. The van der Waals surface area contributed by atoms with Crippen molar-refractivity contribution in [2.45, 2.75) is 0 Å². The van der Waals surface area contributed by atoms with Gasteiger partial charge in [0, 0.05) is 24.8 Å². The SMILES string of the molecule is N#CN=C=[N-].N#CN=C=[N-].[Cd+2].c1ccc(-c2ccccn2)nc1.c1ccc(-c2ccccn2)nc1. The molecule has 0 atom stereocenters. The molecular formula is C24H16CdN10. The van der Waals surface area contributed by atoms with Gasteiger partial charge in [-0.15, -0.1) is 12.0 Å². The number of rotatable bonds is 2. The Morgan fingerprint density at radius 2 is 0.771 bits per heavy atom. The number of pyridine rings is 4. The topological polar surface area (TPSA) is 168 Å². The van der Waals surface area contributed by atoms with Gasteiger partial charge < -0.3 is 20.8 Å². The van der Waals surface area contributed by atoms with Crippen molar-refractivity contribution in [3.05, 3.63) is 108 Å². The molecule has 0 aromatic carbocycles. The van der Waals surface area contributed by atoms with E-state index < -0.39 is 0 Å². The van der Waals surface area contributed by atoms with Gasteiger partial charge >= 0.3 is 27.3 Å². The van der Waals surface area contributed by atoms with Crippen LogP contribution in [-0.4, -0.2) is 32.0 Å². The molecule has 0 aliphatic carbocycles. The van der Waals surface area contributed by atoms with E-state index in [9.17, 15) is 0 Å². The van der Waals surface area contributed by atoms with Gasteiger partial charge in [-0.05, 0) is 48.5 Å². The summed E-state index contributed by atoms with van der Waals surface area (Å²) in [6, 6.07) is 25.8. The van der Waals surface area contributed by atoms with Gasteiger partial charge in [0.1, 0.15) is 0 Å². The van der Waals surface area contributed by atoms with Crippen LogP contribution in [0.4, 0.5) is 0 Å². The maximum atomic E-state index is 7.43. The van der Waals surface area contributed by atoms with Crippen molar-refractivity contribution in [1.29, 1.82) is 10.5 Å². The Balaban J connectivity index is 0.000000475. The van der Waals surface area contributed by atoms with Crippen LogP contribution in [0, 0.1) is 22.9 Å². The Hall–Kier alpha value is -4.74. The van der Waals surface area contributed by atoms with Gasteiger partial charge in [0.05, 0.1) is 35.2 Å². The number of hydrogen-bond donors (Lipinski definition) is 0. The van der Waals surface area contributed by atoms with Crippen LogP contribution in [0.25, 0.3) is 33.6 Å². The normalized spacial score (nSPS) is 7.71. The van der Waals surface area contributed by atoms with Crippen molar-refractivity contribution in [1.82, 2.24) is 19.9 Å². The van der Waals surface area contributed by atoms with E-state index in [1.165, 1.54) is 24.4 Å². The molecule has 4 heterocycles. The van der Waals surface area contributed by atoms with Gasteiger partial charge in [-0.25, -0.2) is 0 Å². The van der Waals surface area contributed by atoms with Crippen LogP contribution in [0.5, 0.6) is 0 Å². The molecule has 0 radical (unpaired) electrons. The third-order valence-corrected chi connectivity index (χ3v) is 3.38. The van der Waals surface area contributed by atoms with Crippen molar-refractivity contribution in [2.75, 3.05) is 0 Å². The predicted octanol–water partition coefficient (Wildman–Crippen LogP) is 4.71. The molecule has 0 saturated carbocycles. The van der Waals surface area contributed by atoms with Crippen LogP contribution in [0.15, 0.2) is 108 Å². The van der Waals surface area contributed by atoms with Gasteiger partial charge in [0.2, 0.25) is 0 Å². The molecule has 0 amide bonds. The molecule has 4 aromatic heterocycles. The number of hydrogen-bond acceptors (Lipinski definition) is 8. The van der Waals surface area contributed by atoms with E-state index in [0.717, 1.165) is 22.8 Å². The number of nitriles is 2. The van der Waals surface area contributed by atoms with Crippen molar-refractivity contribution in [3.63, 3.8) is 0 Å². The quantitative estimate of drug-likeness (QED) is 0.197. The Bertz CT molecular complexity index is 1080. The minimum Gasteiger partial charge on any atom is -0.422 e. The van der Waals surface area contributed by atoms with Crippen molar-refractivity contribution in [2.24, 2.45) is 9.98 Å². The second-order valence-corrected chi connectivity index (χ2v) is 5.48. The average molecular weight is 557 g/mol. The Kier molecular flexibility index (Phi) is 18.3. The van der Waals surface area contributed by atoms with Gasteiger partial charge in [-0.2, -0.15) is 10.5 Å². The summed E-state index contributed by atoms with van der Waals surface area (Å²) in [5, 5.41) is 29.7. The van der Waals surface area contributed by atoms with Crippen LogP contribution in [0.2, 0.25) is 0 Å². The zero-order valence-corrected chi connectivity index (χ0v) is 22.5. The number of nitrogens with zero attached hydrogens (tertiary/aromatic N) is 10. The summed E-state index contributed by atoms with van der Waals surface area (Å²) in [6.07, 6.45) is 9.63. The number of aromatic nitrogens is 4. The first-order valence-electron chi connectivity index (χ1n) is 9.37. The molecule has 11 heteroatoms. The molecule has 0 saturated heterocycles. The van der Waals surface area contributed by atoms with Gasteiger partial charge in [0.25, 0.3) is 0 Å². The molecule has 0 bridgehead atoms. The fourth-order valence-corrected chi connectivity index (χ4v) is 2.10. The second-order valence-electron chi connectivity index (χ2n) is 5.48. The van der Waals surface area contributed by atoms with Crippen LogP contribution < -0.4 is 0 Å². The number of aliphatic imine (C=N–C) groups is 2. The maximum absolute atomic E-state index is 7.43. The fourth-order valence-electron chi connectivity index (χ4n) is 2.10. The van der Waals surface area contributed by atoms with Crippen LogP contribution in [0.3, 0.4) is 0 Å². The average Bonchev–Trinajstić information content (AvgIpc) is 2.93. The summed E-state index contributed by atoms with van der Waals surface area (Å²) in [4.78, 5) is 21.9. The molecule has 4 aromatic rings. The molecule has 0 unspecified atom stereocenters. The maximum Gasteiger partial charge on any atom is 2.00 e. The van der Waals surface area contributed by atoms with Crippen LogP contribution >= 0.6 is 0 Å². The first-order valence-corrected chi connectivity index (χ1v) is 9.37. The molecule has 0 aliphatic rings.